The summed E-state index contributed by atoms with van der Waals surface area (Å²) in [5.41, 5.74) is 9.84. The molecule has 32 heavy (non-hydrogen) atoms. The second-order valence-corrected chi connectivity index (χ2v) is 7.49. The predicted octanol–water partition coefficient (Wildman–Crippen LogP) is 3.66. The Labute approximate surface area is 181 Å². The van der Waals surface area contributed by atoms with Crippen LogP contribution in [-0.2, 0) is 11.0 Å². The van der Waals surface area contributed by atoms with Gasteiger partial charge in [-0.25, -0.2) is 13.8 Å². The number of amides is 1. The number of carbonyl (C=O) groups is 2. The summed E-state index contributed by atoms with van der Waals surface area (Å²) in [5.74, 6) is -4.18. The van der Waals surface area contributed by atoms with Gasteiger partial charge in [0.15, 0.2) is 16.8 Å². The fourth-order valence-electron chi connectivity index (χ4n) is 2.67. The molecule has 13 heteroatoms. The minimum Gasteiger partial charge on any atom is -0.382 e. The highest BCUT2D eigenvalue weighted by molar-refractivity contribution is 7.18. The van der Waals surface area contributed by atoms with Gasteiger partial charge in [-0.1, -0.05) is 11.3 Å². The summed E-state index contributed by atoms with van der Waals surface area (Å²) in [6.45, 7) is 1.38. The molecular weight excluding hydrogens is 457 g/mol. The number of primary amides is 1. The zero-order valence-corrected chi connectivity index (χ0v) is 17.0. The van der Waals surface area contributed by atoms with E-state index >= 15 is 0 Å². The number of anilines is 3. The molecule has 0 fully saturated rings. The van der Waals surface area contributed by atoms with Crippen molar-refractivity contribution in [2.45, 2.75) is 19.1 Å². The van der Waals surface area contributed by atoms with Gasteiger partial charge < -0.3 is 16.4 Å². The van der Waals surface area contributed by atoms with E-state index in [-0.39, 0.29) is 27.1 Å². The molecule has 7 nitrogen and oxygen atoms in total. The Balaban J connectivity index is 2.02. The summed E-state index contributed by atoms with van der Waals surface area (Å²) in [6, 6.07) is 3.32. The fourth-order valence-corrected chi connectivity index (χ4v) is 3.72. The van der Waals surface area contributed by atoms with Crippen molar-refractivity contribution in [3.05, 3.63) is 64.3 Å². The fraction of sp³-hybridized carbons (Fsp3) is 0.158. The number of rotatable bonds is 6. The van der Waals surface area contributed by atoms with Crippen LogP contribution in [0.2, 0.25) is 0 Å². The van der Waals surface area contributed by atoms with Gasteiger partial charge >= 0.3 is 6.18 Å². The number of alkyl halides is 3. The minimum atomic E-state index is -4.67. The first-order valence-corrected chi connectivity index (χ1v) is 9.59. The molecule has 0 aliphatic rings. The molecule has 1 amide bonds. The van der Waals surface area contributed by atoms with Crippen molar-refractivity contribution >= 4 is 39.7 Å². The molecule has 0 aliphatic heterocycles. The second-order valence-electron chi connectivity index (χ2n) is 6.52. The Morgan fingerprint density at radius 3 is 2.34 bits per heavy atom. The Hall–Kier alpha value is -3.61. The third-order valence-corrected chi connectivity index (χ3v) is 5.42. The topological polar surface area (TPSA) is 115 Å². The summed E-state index contributed by atoms with van der Waals surface area (Å²) in [6.07, 6.45) is -3.92. The number of hydrogen-bond acceptors (Lipinski definition) is 7. The molecule has 0 radical (unpaired) electrons. The van der Waals surface area contributed by atoms with Gasteiger partial charge in [0.05, 0.1) is 0 Å². The van der Waals surface area contributed by atoms with Gasteiger partial charge in [0.2, 0.25) is 11.7 Å². The van der Waals surface area contributed by atoms with E-state index in [1.165, 1.54) is 13.0 Å². The number of nitrogens with two attached hydrogens (primary N) is 2. The van der Waals surface area contributed by atoms with Crippen molar-refractivity contribution < 1.29 is 31.5 Å². The summed E-state index contributed by atoms with van der Waals surface area (Å²) >= 11 is 0.697. The van der Waals surface area contributed by atoms with Crippen LogP contribution in [0, 0.1) is 11.6 Å². The maximum atomic E-state index is 13.8. The lowest BCUT2D eigenvalue weighted by Crippen LogP contribution is -2.40. The van der Waals surface area contributed by atoms with Crippen molar-refractivity contribution in [2.24, 2.45) is 5.73 Å². The molecule has 0 spiro atoms. The van der Waals surface area contributed by atoms with Gasteiger partial charge in [-0.3, -0.25) is 14.6 Å². The molecule has 0 aliphatic carbocycles. The minimum absolute atomic E-state index is 0.0131. The number of aromatic nitrogens is 2. The summed E-state index contributed by atoms with van der Waals surface area (Å²) in [4.78, 5) is 32.8. The monoisotopic (exact) mass is 471 g/mol. The molecule has 0 unspecified atom stereocenters. The first-order valence-electron chi connectivity index (χ1n) is 8.78. The molecule has 1 aromatic carbocycles. The Morgan fingerprint density at radius 1 is 1.12 bits per heavy atom. The van der Waals surface area contributed by atoms with E-state index in [0.29, 0.717) is 17.4 Å². The number of hydrogen-bond donors (Lipinski definition) is 2. The van der Waals surface area contributed by atoms with Crippen molar-refractivity contribution in [2.75, 3.05) is 10.6 Å². The van der Waals surface area contributed by atoms with Crippen molar-refractivity contribution in [3.63, 3.8) is 0 Å². The van der Waals surface area contributed by atoms with Gasteiger partial charge in [0, 0.05) is 23.5 Å². The third kappa shape index (κ3) is 4.51. The van der Waals surface area contributed by atoms with Gasteiger partial charge in [-0.05, 0) is 31.2 Å². The molecule has 0 saturated carbocycles. The number of halogens is 5. The quantitative estimate of drug-likeness (QED) is 0.419. The smallest absolute Gasteiger partial charge is 0.382 e. The number of carbonyl (C=O) groups excluding carboxylic acids is 2. The van der Waals surface area contributed by atoms with E-state index in [1.807, 2.05) is 0 Å². The normalized spacial score (nSPS) is 12.4. The van der Waals surface area contributed by atoms with Crippen molar-refractivity contribution in [1.82, 2.24) is 9.97 Å². The van der Waals surface area contributed by atoms with Crippen molar-refractivity contribution in [3.8, 4) is 0 Å². The van der Waals surface area contributed by atoms with Crippen molar-refractivity contribution in [1.29, 1.82) is 0 Å². The standard InChI is InChI=1S/C19H14F5N5O2S/c1-8(17(26)31)29(10-3-4-11(20)12(21)6-10)18-28-16(25)15(32-18)14(30)9-2-5-13(27-7-9)19(22,23)24/h2-8H,25H2,1H3,(H2,26,31)/t8-/m0/s1. The molecule has 0 saturated heterocycles. The average Bonchev–Trinajstić information content (AvgIpc) is 3.10. The highest BCUT2D eigenvalue weighted by atomic mass is 32.1. The van der Waals surface area contributed by atoms with Crippen LogP contribution in [-0.4, -0.2) is 27.7 Å². The van der Waals surface area contributed by atoms with E-state index in [4.69, 9.17) is 11.5 Å². The van der Waals surface area contributed by atoms with Crippen LogP contribution >= 0.6 is 11.3 Å². The zero-order valence-electron chi connectivity index (χ0n) is 16.2. The van der Waals surface area contributed by atoms with Crippen LogP contribution < -0.4 is 16.4 Å². The molecule has 3 aromatic rings. The number of benzene rings is 1. The van der Waals surface area contributed by atoms with E-state index in [0.717, 1.165) is 29.3 Å². The number of nitrogens with zero attached hydrogens (tertiary/aromatic N) is 3. The van der Waals surface area contributed by atoms with E-state index < -0.39 is 41.2 Å². The van der Waals surface area contributed by atoms with Crippen LogP contribution in [0.4, 0.5) is 38.6 Å². The highest BCUT2D eigenvalue weighted by Crippen LogP contribution is 2.36. The van der Waals surface area contributed by atoms with Gasteiger partial charge in [-0.15, -0.1) is 0 Å². The number of thiazole rings is 1. The molecular formula is C19H14F5N5O2S. The van der Waals surface area contributed by atoms with Gasteiger partial charge in [0.25, 0.3) is 0 Å². The number of ketones is 1. The van der Waals surface area contributed by atoms with Crippen LogP contribution in [0.1, 0.15) is 27.9 Å². The zero-order chi connectivity index (χ0) is 23.8. The highest BCUT2D eigenvalue weighted by Gasteiger charge is 2.33. The third-order valence-electron chi connectivity index (χ3n) is 4.35. The maximum Gasteiger partial charge on any atom is 0.433 e. The largest absolute Gasteiger partial charge is 0.433 e. The second kappa shape index (κ2) is 8.49. The molecule has 168 valence electrons. The predicted molar refractivity (Wildman–Crippen MR) is 106 cm³/mol. The number of nitrogen functional groups attached to an aromatic ring is 1. The molecule has 2 heterocycles. The van der Waals surface area contributed by atoms with Crippen LogP contribution in [0.3, 0.4) is 0 Å². The lowest BCUT2D eigenvalue weighted by molar-refractivity contribution is -0.141. The summed E-state index contributed by atoms with van der Waals surface area (Å²) in [5, 5.41) is -0.0389. The summed E-state index contributed by atoms with van der Waals surface area (Å²) in [7, 11) is 0. The lowest BCUT2D eigenvalue weighted by Gasteiger charge is -2.26. The van der Waals surface area contributed by atoms with E-state index in [9.17, 15) is 31.5 Å². The first-order chi connectivity index (χ1) is 14.9. The molecule has 0 bridgehead atoms. The van der Waals surface area contributed by atoms with Gasteiger partial charge in [-0.2, -0.15) is 13.2 Å². The molecule has 3 rings (SSSR count). The van der Waals surface area contributed by atoms with E-state index in [1.54, 1.807) is 0 Å². The molecule has 1 atom stereocenters. The number of pyridine rings is 1. The Bertz CT molecular complexity index is 1180. The molecule has 4 N–H and O–H groups in total. The average molecular weight is 471 g/mol. The maximum absolute atomic E-state index is 13.8. The first kappa shape index (κ1) is 23.1. The summed E-state index contributed by atoms with van der Waals surface area (Å²) < 4.78 is 65.2. The van der Waals surface area contributed by atoms with Crippen LogP contribution in [0.25, 0.3) is 0 Å². The van der Waals surface area contributed by atoms with Gasteiger partial charge in [0.1, 0.15) is 22.4 Å². The SMILES string of the molecule is C[C@@H](C(N)=O)N(c1ccc(F)c(F)c1)c1nc(N)c(C(=O)c2ccc(C(F)(F)F)nc2)s1. The van der Waals surface area contributed by atoms with E-state index in [2.05, 4.69) is 9.97 Å². The Kier molecular flexibility index (Phi) is 6.12. The lowest BCUT2D eigenvalue weighted by atomic mass is 10.1. The van der Waals surface area contributed by atoms with Crippen LogP contribution in [0.15, 0.2) is 36.5 Å². The van der Waals surface area contributed by atoms with Crippen LogP contribution in [0.5, 0.6) is 0 Å². The Morgan fingerprint density at radius 2 is 1.81 bits per heavy atom. The molecule has 2 aromatic heterocycles.